The molecular weight excluding hydrogens is 294 g/mol. The van der Waals surface area contributed by atoms with Gasteiger partial charge in [-0.3, -0.25) is 0 Å². The van der Waals surface area contributed by atoms with Gasteiger partial charge in [0.1, 0.15) is 6.04 Å². The van der Waals surface area contributed by atoms with Gasteiger partial charge in [-0.15, -0.1) is 0 Å². The van der Waals surface area contributed by atoms with Crippen molar-refractivity contribution in [2.45, 2.75) is 18.6 Å². The summed E-state index contributed by atoms with van der Waals surface area (Å²) in [7, 11) is 0. The van der Waals surface area contributed by atoms with Crippen LogP contribution in [-0.4, -0.2) is 12.2 Å². The van der Waals surface area contributed by atoms with E-state index >= 15 is 0 Å². The second-order valence-corrected chi connectivity index (χ2v) is 4.36. The van der Waals surface area contributed by atoms with Crippen molar-refractivity contribution < 1.29 is 13.2 Å². The molecule has 0 aromatic heterocycles. The maximum Gasteiger partial charge on any atom is 0.403 e. The second kappa shape index (κ2) is 4.72. The van der Waals surface area contributed by atoms with Crippen LogP contribution < -0.4 is 5.73 Å². The summed E-state index contributed by atoms with van der Waals surface area (Å²) in [5, 5.41) is 0.377. The van der Waals surface area contributed by atoms with Crippen LogP contribution in [0, 0.1) is 0 Å². The van der Waals surface area contributed by atoms with Crippen molar-refractivity contribution in [1.29, 1.82) is 0 Å². The molecule has 0 heterocycles. The Balaban J connectivity index is 2.78. The fourth-order valence-electron chi connectivity index (χ4n) is 1.04. The maximum absolute atomic E-state index is 12.1. The lowest BCUT2D eigenvalue weighted by Gasteiger charge is -2.15. The Kier molecular flexibility index (Phi) is 4.03. The van der Waals surface area contributed by atoms with E-state index < -0.39 is 12.2 Å². The van der Waals surface area contributed by atoms with Crippen molar-refractivity contribution in [3.63, 3.8) is 0 Å². The van der Waals surface area contributed by atoms with Gasteiger partial charge in [-0.1, -0.05) is 17.7 Å². The van der Waals surface area contributed by atoms with Gasteiger partial charge in [-0.05, 0) is 40.0 Å². The monoisotopic (exact) mass is 301 g/mol. The third-order valence-corrected chi connectivity index (χ3v) is 3.09. The molecule has 84 valence electrons. The van der Waals surface area contributed by atoms with E-state index in [-0.39, 0.29) is 6.42 Å². The summed E-state index contributed by atoms with van der Waals surface area (Å²) in [6.45, 7) is 0. The predicted octanol–water partition coefficient (Wildman–Crippen LogP) is 3.53. The van der Waals surface area contributed by atoms with Crippen molar-refractivity contribution in [3.8, 4) is 0 Å². The molecule has 0 radical (unpaired) electrons. The molecule has 1 rings (SSSR count). The van der Waals surface area contributed by atoms with Gasteiger partial charge in [0.2, 0.25) is 0 Å². The number of rotatable bonds is 2. The zero-order valence-electron chi connectivity index (χ0n) is 7.48. The standard InChI is InChI=1S/C9H8BrClF3N/c10-6-2-1-5(3-7(6)11)4-8(15)9(12,13)14/h1-3,8H,4,15H2. The van der Waals surface area contributed by atoms with Gasteiger partial charge in [0, 0.05) is 4.47 Å². The first-order valence-corrected chi connectivity index (χ1v) is 5.24. The molecule has 1 atom stereocenters. The Labute approximate surface area is 98.5 Å². The van der Waals surface area contributed by atoms with Crippen molar-refractivity contribution in [3.05, 3.63) is 33.3 Å². The molecule has 15 heavy (non-hydrogen) atoms. The summed E-state index contributed by atoms with van der Waals surface area (Å²) in [5.74, 6) is 0. The fourth-order valence-corrected chi connectivity index (χ4v) is 1.49. The molecule has 1 unspecified atom stereocenters. The average Bonchev–Trinajstić information content (AvgIpc) is 2.10. The minimum Gasteiger partial charge on any atom is -0.320 e. The maximum atomic E-state index is 12.1. The van der Waals surface area contributed by atoms with Crippen LogP contribution in [0.25, 0.3) is 0 Å². The molecule has 0 bridgehead atoms. The van der Waals surface area contributed by atoms with Crippen LogP contribution in [0.5, 0.6) is 0 Å². The summed E-state index contributed by atoms with van der Waals surface area (Å²) in [6, 6.07) is 2.77. The zero-order valence-corrected chi connectivity index (χ0v) is 9.83. The highest BCUT2D eigenvalue weighted by molar-refractivity contribution is 9.10. The van der Waals surface area contributed by atoms with Gasteiger partial charge in [-0.2, -0.15) is 13.2 Å². The van der Waals surface area contributed by atoms with E-state index in [1.54, 1.807) is 12.1 Å². The summed E-state index contributed by atoms with van der Waals surface area (Å²) in [5.41, 5.74) is 5.46. The van der Waals surface area contributed by atoms with Crippen LogP contribution >= 0.6 is 27.5 Å². The Bertz CT molecular complexity index is 354. The summed E-state index contributed by atoms with van der Waals surface area (Å²) in [4.78, 5) is 0. The second-order valence-electron chi connectivity index (χ2n) is 3.10. The molecule has 0 aliphatic heterocycles. The van der Waals surface area contributed by atoms with Crippen molar-refractivity contribution >= 4 is 27.5 Å². The highest BCUT2D eigenvalue weighted by Crippen LogP contribution is 2.26. The van der Waals surface area contributed by atoms with Gasteiger partial charge in [-0.25, -0.2) is 0 Å². The van der Waals surface area contributed by atoms with E-state index in [2.05, 4.69) is 15.9 Å². The van der Waals surface area contributed by atoms with Crippen LogP contribution in [0.1, 0.15) is 5.56 Å². The van der Waals surface area contributed by atoms with Gasteiger partial charge < -0.3 is 5.73 Å². The lowest BCUT2D eigenvalue weighted by molar-refractivity contribution is -0.147. The molecule has 0 saturated carbocycles. The normalized spacial score (nSPS) is 14.0. The lowest BCUT2D eigenvalue weighted by atomic mass is 10.1. The van der Waals surface area contributed by atoms with Crippen LogP contribution in [0.15, 0.2) is 22.7 Å². The minimum absolute atomic E-state index is 0.267. The van der Waals surface area contributed by atoms with Crippen molar-refractivity contribution in [2.75, 3.05) is 0 Å². The lowest BCUT2D eigenvalue weighted by Crippen LogP contribution is -2.39. The highest BCUT2D eigenvalue weighted by atomic mass is 79.9. The summed E-state index contributed by atoms with van der Waals surface area (Å²) >= 11 is 8.89. The number of halogens is 5. The fraction of sp³-hybridized carbons (Fsp3) is 0.333. The zero-order chi connectivity index (χ0) is 11.6. The smallest absolute Gasteiger partial charge is 0.320 e. The molecule has 0 saturated heterocycles. The quantitative estimate of drug-likeness (QED) is 0.888. The molecule has 6 heteroatoms. The molecule has 1 aromatic carbocycles. The van der Waals surface area contributed by atoms with Crippen LogP contribution in [-0.2, 0) is 6.42 Å². The molecule has 1 nitrogen and oxygen atoms in total. The molecule has 0 spiro atoms. The number of hydrogen-bond acceptors (Lipinski definition) is 1. The average molecular weight is 303 g/mol. The van der Waals surface area contributed by atoms with E-state index in [1.807, 2.05) is 0 Å². The van der Waals surface area contributed by atoms with Crippen LogP contribution in [0.2, 0.25) is 5.02 Å². The van der Waals surface area contributed by atoms with Gasteiger partial charge >= 0.3 is 6.18 Å². The number of alkyl halides is 3. The van der Waals surface area contributed by atoms with Gasteiger partial charge in [0.15, 0.2) is 0 Å². The Morgan fingerprint density at radius 1 is 1.40 bits per heavy atom. The van der Waals surface area contributed by atoms with E-state index in [0.717, 1.165) is 0 Å². The summed E-state index contributed by atoms with van der Waals surface area (Å²) < 4.78 is 37.1. The number of benzene rings is 1. The number of nitrogens with two attached hydrogens (primary N) is 1. The third-order valence-electron chi connectivity index (χ3n) is 1.86. The molecule has 0 fully saturated rings. The van der Waals surface area contributed by atoms with Crippen LogP contribution in [0.4, 0.5) is 13.2 Å². The van der Waals surface area contributed by atoms with E-state index in [9.17, 15) is 13.2 Å². The van der Waals surface area contributed by atoms with Crippen molar-refractivity contribution in [2.24, 2.45) is 5.73 Å². The first-order valence-electron chi connectivity index (χ1n) is 4.07. The summed E-state index contributed by atoms with van der Waals surface area (Å²) in [6.07, 6.45) is -4.64. The predicted molar refractivity (Wildman–Crippen MR) is 56.9 cm³/mol. The number of hydrogen-bond donors (Lipinski definition) is 1. The largest absolute Gasteiger partial charge is 0.403 e. The Morgan fingerprint density at radius 3 is 2.47 bits per heavy atom. The molecular formula is C9H8BrClF3N. The SMILES string of the molecule is NC(Cc1ccc(Br)c(Cl)c1)C(F)(F)F. The molecule has 0 amide bonds. The first kappa shape index (κ1) is 12.8. The Hall–Kier alpha value is -0.260. The van der Waals surface area contributed by atoms with E-state index in [4.69, 9.17) is 17.3 Å². The molecule has 0 aliphatic carbocycles. The minimum atomic E-state index is -4.38. The third kappa shape index (κ3) is 3.66. The topological polar surface area (TPSA) is 26.0 Å². The van der Waals surface area contributed by atoms with Gasteiger partial charge in [0.05, 0.1) is 5.02 Å². The van der Waals surface area contributed by atoms with E-state index in [1.165, 1.54) is 6.07 Å². The molecule has 2 N–H and O–H groups in total. The highest BCUT2D eigenvalue weighted by Gasteiger charge is 2.36. The molecule has 0 aliphatic rings. The van der Waals surface area contributed by atoms with E-state index in [0.29, 0.717) is 15.1 Å². The van der Waals surface area contributed by atoms with Crippen molar-refractivity contribution in [1.82, 2.24) is 0 Å². The Morgan fingerprint density at radius 2 is 2.00 bits per heavy atom. The van der Waals surface area contributed by atoms with Crippen LogP contribution in [0.3, 0.4) is 0 Å². The first-order chi connectivity index (χ1) is 6.80. The molecule has 1 aromatic rings. The van der Waals surface area contributed by atoms with Gasteiger partial charge in [0.25, 0.3) is 0 Å².